The van der Waals surface area contributed by atoms with Gasteiger partial charge >= 0.3 is 11.9 Å². The molecule has 1 aromatic carbocycles. The molecule has 0 aliphatic rings. The number of hydrogen-bond donors (Lipinski definition) is 0. The average molecular weight is 273 g/mol. The normalized spacial score (nSPS) is 9.53. The lowest BCUT2D eigenvalue weighted by atomic mass is 10.3. The number of hydrogen-bond acceptors (Lipinski definition) is 4. The fraction of sp³-hybridized carbons (Fsp3) is 0.200. The largest absolute Gasteiger partial charge is 0.423 e. The lowest BCUT2D eigenvalue weighted by molar-refractivity contribution is -0.134. The maximum absolute atomic E-state index is 10.8. The van der Waals surface area contributed by atoms with Crippen LogP contribution in [-0.4, -0.2) is 11.9 Å². The smallest absolute Gasteiger partial charge is 0.308 e. The molecule has 80 valence electrons. The Morgan fingerprint density at radius 1 is 1.07 bits per heavy atom. The van der Waals surface area contributed by atoms with Gasteiger partial charge in [0.1, 0.15) is 0 Å². The van der Waals surface area contributed by atoms with Crippen molar-refractivity contribution in [3.8, 4) is 11.5 Å². The van der Waals surface area contributed by atoms with Gasteiger partial charge in [-0.1, -0.05) is 15.9 Å². The van der Waals surface area contributed by atoms with E-state index in [0.29, 0.717) is 0 Å². The highest BCUT2D eigenvalue weighted by atomic mass is 79.9. The van der Waals surface area contributed by atoms with Gasteiger partial charge in [-0.05, 0) is 18.2 Å². The summed E-state index contributed by atoms with van der Waals surface area (Å²) in [6.07, 6.45) is 0. The van der Waals surface area contributed by atoms with Crippen LogP contribution >= 0.6 is 15.9 Å². The first-order chi connectivity index (χ1) is 6.99. The first-order valence-electron chi connectivity index (χ1n) is 4.15. The minimum Gasteiger partial charge on any atom is -0.423 e. The zero-order chi connectivity index (χ0) is 11.4. The van der Waals surface area contributed by atoms with Gasteiger partial charge in [-0.3, -0.25) is 9.59 Å². The fourth-order valence-corrected chi connectivity index (χ4v) is 1.30. The van der Waals surface area contributed by atoms with Crippen molar-refractivity contribution < 1.29 is 19.1 Å². The molecule has 0 spiro atoms. The molecular formula is C10H9BrO4. The van der Waals surface area contributed by atoms with Gasteiger partial charge in [0, 0.05) is 18.3 Å². The number of rotatable bonds is 2. The van der Waals surface area contributed by atoms with Crippen LogP contribution in [0.3, 0.4) is 0 Å². The van der Waals surface area contributed by atoms with Crippen LogP contribution in [0.5, 0.6) is 11.5 Å². The number of ether oxygens (including phenoxy) is 2. The molecule has 0 aromatic heterocycles. The third kappa shape index (κ3) is 3.71. The molecule has 0 saturated heterocycles. The van der Waals surface area contributed by atoms with Gasteiger partial charge in [-0.15, -0.1) is 0 Å². The number of halogens is 1. The van der Waals surface area contributed by atoms with E-state index in [2.05, 4.69) is 15.9 Å². The van der Waals surface area contributed by atoms with Crippen LogP contribution in [0.15, 0.2) is 22.7 Å². The number of esters is 2. The predicted octanol–water partition coefficient (Wildman–Crippen LogP) is 2.30. The molecule has 0 bridgehead atoms. The van der Waals surface area contributed by atoms with Crippen LogP contribution in [0.1, 0.15) is 13.8 Å². The van der Waals surface area contributed by atoms with E-state index in [-0.39, 0.29) is 11.5 Å². The third-order valence-electron chi connectivity index (χ3n) is 1.41. The molecule has 15 heavy (non-hydrogen) atoms. The molecule has 0 fully saturated rings. The summed E-state index contributed by atoms with van der Waals surface area (Å²) in [7, 11) is 0. The van der Waals surface area contributed by atoms with E-state index < -0.39 is 11.9 Å². The topological polar surface area (TPSA) is 52.6 Å². The Morgan fingerprint density at radius 2 is 1.60 bits per heavy atom. The van der Waals surface area contributed by atoms with Gasteiger partial charge in [-0.25, -0.2) is 0 Å². The lowest BCUT2D eigenvalue weighted by Gasteiger charge is -2.08. The van der Waals surface area contributed by atoms with Crippen LogP contribution in [-0.2, 0) is 9.59 Å². The lowest BCUT2D eigenvalue weighted by Crippen LogP contribution is -2.06. The van der Waals surface area contributed by atoms with Crippen LogP contribution in [0, 0.1) is 0 Å². The highest BCUT2D eigenvalue weighted by Gasteiger charge is 2.10. The number of carbonyl (C=O) groups is 2. The standard InChI is InChI=1S/C10H9BrO4/c1-6(12)14-9-4-3-8(11)5-10(9)15-7(2)13/h3-5H,1-2H3. The monoisotopic (exact) mass is 272 g/mol. The van der Waals surface area contributed by atoms with E-state index in [1.54, 1.807) is 18.2 Å². The van der Waals surface area contributed by atoms with Gasteiger partial charge in [0.05, 0.1) is 0 Å². The van der Waals surface area contributed by atoms with Crippen molar-refractivity contribution in [2.24, 2.45) is 0 Å². The van der Waals surface area contributed by atoms with Crippen LogP contribution in [0.4, 0.5) is 0 Å². The second kappa shape index (κ2) is 4.93. The molecule has 0 heterocycles. The van der Waals surface area contributed by atoms with E-state index in [4.69, 9.17) is 9.47 Å². The quantitative estimate of drug-likeness (QED) is 0.612. The summed E-state index contributed by atoms with van der Waals surface area (Å²) in [6.45, 7) is 2.55. The molecule has 0 N–H and O–H groups in total. The number of carbonyl (C=O) groups excluding carboxylic acids is 2. The molecule has 1 aromatic rings. The second-order valence-electron chi connectivity index (χ2n) is 2.78. The van der Waals surface area contributed by atoms with Crippen molar-refractivity contribution in [3.63, 3.8) is 0 Å². The number of benzene rings is 1. The van der Waals surface area contributed by atoms with Gasteiger partial charge < -0.3 is 9.47 Å². The minimum absolute atomic E-state index is 0.215. The first-order valence-corrected chi connectivity index (χ1v) is 4.94. The molecule has 0 radical (unpaired) electrons. The summed E-state index contributed by atoms with van der Waals surface area (Å²) >= 11 is 3.22. The van der Waals surface area contributed by atoms with E-state index in [9.17, 15) is 9.59 Å². The fourth-order valence-electron chi connectivity index (χ4n) is 0.956. The molecule has 0 amide bonds. The molecule has 0 atom stereocenters. The summed E-state index contributed by atoms with van der Waals surface area (Å²) in [5.41, 5.74) is 0. The summed E-state index contributed by atoms with van der Waals surface area (Å²) in [5, 5.41) is 0. The van der Waals surface area contributed by atoms with Crippen LogP contribution in [0.25, 0.3) is 0 Å². The molecule has 0 aliphatic carbocycles. The van der Waals surface area contributed by atoms with Crippen LogP contribution in [0.2, 0.25) is 0 Å². The molecule has 1 rings (SSSR count). The predicted molar refractivity (Wildman–Crippen MR) is 56.8 cm³/mol. The SMILES string of the molecule is CC(=O)Oc1ccc(Br)cc1OC(C)=O. The van der Waals surface area contributed by atoms with Gasteiger partial charge in [0.15, 0.2) is 11.5 Å². The summed E-state index contributed by atoms with van der Waals surface area (Å²) in [6, 6.07) is 4.79. The van der Waals surface area contributed by atoms with Crippen molar-refractivity contribution >= 4 is 27.9 Å². The van der Waals surface area contributed by atoms with Crippen molar-refractivity contribution in [2.45, 2.75) is 13.8 Å². The first kappa shape index (κ1) is 11.7. The highest BCUT2D eigenvalue weighted by molar-refractivity contribution is 9.10. The average Bonchev–Trinajstić information content (AvgIpc) is 2.08. The maximum Gasteiger partial charge on any atom is 0.308 e. The summed E-state index contributed by atoms with van der Waals surface area (Å²) < 4.78 is 10.5. The zero-order valence-electron chi connectivity index (χ0n) is 8.24. The Balaban J connectivity index is 3.02. The van der Waals surface area contributed by atoms with Gasteiger partial charge in [-0.2, -0.15) is 0 Å². The Morgan fingerprint density at radius 3 is 2.13 bits per heavy atom. The van der Waals surface area contributed by atoms with Gasteiger partial charge in [0.2, 0.25) is 0 Å². The van der Waals surface area contributed by atoms with E-state index in [0.717, 1.165) is 4.47 Å². The van der Waals surface area contributed by atoms with Crippen molar-refractivity contribution in [3.05, 3.63) is 22.7 Å². The van der Waals surface area contributed by atoms with Crippen molar-refractivity contribution in [2.75, 3.05) is 0 Å². The Bertz CT molecular complexity index is 400. The highest BCUT2D eigenvalue weighted by Crippen LogP contribution is 2.30. The Kier molecular flexibility index (Phi) is 3.85. The molecule has 0 aliphatic heterocycles. The van der Waals surface area contributed by atoms with Crippen molar-refractivity contribution in [1.82, 2.24) is 0 Å². The van der Waals surface area contributed by atoms with E-state index in [1.165, 1.54) is 13.8 Å². The molecule has 0 saturated carbocycles. The third-order valence-corrected chi connectivity index (χ3v) is 1.91. The minimum atomic E-state index is -0.471. The maximum atomic E-state index is 10.8. The Labute approximate surface area is 95.3 Å². The molecule has 5 heteroatoms. The molecule has 4 nitrogen and oxygen atoms in total. The second-order valence-corrected chi connectivity index (χ2v) is 3.69. The summed E-state index contributed by atoms with van der Waals surface area (Å²) in [4.78, 5) is 21.5. The Hall–Kier alpha value is -1.36. The van der Waals surface area contributed by atoms with Crippen LogP contribution < -0.4 is 9.47 Å². The zero-order valence-corrected chi connectivity index (χ0v) is 9.83. The van der Waals surface area contributed by atoms with Gasteiger partial charge in [0.25, 0.3) is 0 Å². The van der Waals surface area contributed by atoms with E-state index >= 15 is 0 Å². The molecular weight excluding hydrogens is 264 g/mol. The van der Waals surface area contributed by atoms with Crippen molar-refractivity contribution in [1.29, 1.82) is 0 Å². The van der Waals surface area contributed by atoms with E-state index in [1.807, 2.05) is 0 Å². The molecule has 0 unspecified atom stereocenters. The summed E-state index contributed by atoms with van der Waals surface area (Å²) in [5.74, 6) is -0.500.